The number of para-hydroxylation sites is 2. The van der Waals surface area contributed by atoms with Crippen LogP contribution in [0.2, 0.25) is 0 Å². The van der Waals surface area contributed by atoms with Gasteiger partial charge in [-0.2, -0.15) is 5.26 Å². The lowest BCUT2D eigenvalue weighted by Crippen LogP contribution is -2.16. The maximum absolute atomic E-state index is 9.87. The maximum atomic E-state index is 9.87. The normalized spacial score (nSPS) is 13.9. The van der Waals surface area contributed by atoms with Crippen LogP contribution in [0.4, 0.5) is 0 Å². The molecule has 0 bridgehead atoms. The Hall–Kier alpha value is -5.14. The Morgan fingerprint density at radius 1 is 0.886 bits per heavy atom. The summed E-state index contributed by atoms with van der Waals surface area (Å²) < 4.78 is 42.7. The van der Waals surface area contributed by atoms with Gasteiger partial charge in [-0.3, -0.25) is 4.57 Å². The molecule has 0 aliphatic carbocycles. The number of aromatic nitrogens is 2. The van der Waals surface area contributed by atoms with Gasteiger partial charge in [0.15, 0.2) is 0 Å². The highest BCUT2D eigenvalue weighted by molar-refractivity contribution is 6.12. The molecule has 4 nitrogen and oxygen atoms in total. The Balaban J connectivity index is 1.61. The van der Waals surface area contributed by atoms with Crippen LogP contribution in [0.1, 0.15) is 68.2 Å². The van der Waals surface area contributed by atoms with E-state index in [1.807, 2.05) is 60.7 Å². The third-order valence-electron chi connectivity index (χ3n) is 8.40. The van der Waals surface area contributed by atoms with Crippen molar-refractivity contribution in [2.75, 3.05) is 0 Å². The fourth-order valence-corrected chi connectivity index (χ4v) is 6.22. The Morgan fingerprint density at radius 2 is 1.66 bits per heavy atom. The summed E-state index contributed by atoms with van der Waals surface area (Å²) in [5.74, 6) is -0.405. The quantitative estimate of drug-likeness (QED) is 0.209. The van der Waals surface area contributed by atoms with Crippen molar-refractivity contribution >= 4 is 33.0 Å². The number of hydrogen-bond donors (Lipinski definition) is 0. The fraction of sp³-hybridized carbons (Fsp3) is 0.200. The molecule has 0 unspecified atom stereocenters. The van der Waals surface area contributed by atoms with Crippen molar-refractivity contribution in [3.05, 3.63) is 119 Å². The fourth-order valence-electron chi connectivity index (χ4n) is 6.22. The summed E-state index contributed by atoms with van der Waals surface area (Å²) in [6.45, 7) is 7.60. The largest absolute Gasteiger partial charge is 0.455 e. The second kappa shape index (κ2) is 10.2. The maximum Gasteiger partial charge on any atom is 0.149 e. The zero-order valence-electron chi connectivity index (χ0n) is 29.5. The van der Waals surface area contributed by atoms with E-state index in [9.17, 15) is 5.26 Å². The van der Waals surface area contributed by atoms with Crippen LogP contribution in [0.25, 0.3) is 61.2 Å². The molecule has 0 fully saturated rings. The van der Waals surface area contributed by atoms with Crippen molar-refractivity contribution in [2.24, 2.45) is 0 Å². The number of nitrogens with zero attached hydrogens (tertiary/aromatic N) is 3. The molecule has 0 radical (unpaired) electrons. The number of furan rings is 1. The third kappa shape index (κ3) is 4.31. The van der Waals surface area contributed by atoms with Gasteiger partial charge in [-0.15, -0.1) is 0 Å². The Bertz CT molecular complexity index is 2410. The van der Waals surface area contributed by atoms with Gasteiger partial charge < -0.3 is 4.42 Å². The minimum Gasteiger partial charge on any atom is -0.455 e. The predicted molar refractivity (Wildman–Crippen MR) is 181 cm³/mol. The van der Waals surface area contributed by atoms with Crippen LogP contribution >= 0.6 is 0 Å². The molecule has 44 heavy (non-hydrogen) atoms. The van der Waals surface area contributed by atoms with E-state index in [0.29, 0.717) is 33.3 Å². The topological polar surface area (TPSA) is 54.8 Å². The van der Waals surface area contributed by atoms with Crippen molar-refractivity contribution in [3.63, 3.8) is 0 Å². The van der Waals surface area contributed by atoms with E-state index in [-0.39, 0.29) is 22.1 Å². The van der Waals surface area contributed by atoms with Crippen molar-refractivity contribution in [2.45, 2.75) is 52.8 Å². The van der Waals surface area contributed by atoms with Gasteiger partial charge in [0.05, 0.1) is 33.9 Å². The molecule has 5 aromatic carbocycles. The highest BCUT2D eigenvalue weighted by atomic mass is 16.3. The van der Waals surface area contributed by atoms with Crippen LogP contribution < -0.4 is 0 Å². The van der Waals surface area contributed by atoms with Crippen LogP contribution in [0.15, 0.2) is 101 Å². The van der Waals surface area contributed by atoms with Crippen molar-refractivity contribution in [1.29, 1.82) is 5.26 Å². The predicted octanol–water partition coefficient (Wildman–Crippen LogP) is 10.9. The van der Waals surface area contributed by atoms with E-state index in [2.05, 4.69) is 55.7 Å². The SMILES string of the molecule is [2H]C([2H])([2H])c1c(C#N)ccc2c1oc1c(-c3nc4ccccc4n3-c3ccc(-c4ccccc4)cc3C(C)(C)C)ccc(C([2H])(C)C)c12. The first-order valence-corrected chi connectivity index (χ1v) is 14.8. The van der Waals surface area contributed by atoms with Crippen LogP contribution in [-0.4, -0.2) is 9.55 Å². The molecule has 7 aromatic rings. The number of aryl methyl sites for hydroxylation is 1. The monoisotopic (exact) mass is 577 g/mol. The molecule has 7 rings (SSSR count). The first kappa shape index (κ1) is 23.3. The van der Waals surface area contributed by atoms with Gasteiger partial charge in [0.25, 0.3) is 0 Å². The first-order chi connectivity index (χ1) is 22.7. The number of rotatable bonds is 4. The highest BCUT2D eigenvalue weighted by Gasteiger charge is 2.27. The Labute approximate surface area is 263 Å². The molecular formula is C40H35N3O. The molecule has 0 spiro atoms. The third-order valence-corrected chi connectivity index (χ3v) is 8.40. The van der Waals surface area contributed by atoms with Gasteiger partial charge in [0.1, 0.15) is 17.0 Å². The molecule has 216 valence electrons. The Kier molecular flexibility index (Phi) is 5.43. The minimum atomic E-state index is -2.59. The summed E-state index contributed by atoms with van der Waals surface area (Å²) in [4.78, 5) is 5.17. The first-order valence-electron chi connectivity index (χ1n) is 16.8. The van der Waals surface area contributed by atoms with E-state index >= 15 is 0 Å². The van der Waals surface area contributed by atoms with Crippen LogP contribution in [0.3, 0.4) is 0 Å². The zero-order valence-corrected chi connectivity index (χ0v) is 25.5. The van der Waals surface area contributed by atoms with E-state index in [0.717, 1.165) is 33.4 Å². The summed E-state index contributed by atoms with van der Waals surface area (Å²) >= 11 is 0. The number of benzene rings is 5. The van der Waals surface area contributed by atoms with Gasteiger partial charge in [0.2, 0.25) is 0 Å². The lowest BCUT2D eigenvalue weighted by atomic mass is 9.83. The molecule has 0 N–H and O–H groups in total. The van der Waals surface area contributed by atoms with Gasteiger partial charge >= 0.3 is 0 Å². The summed E-state index contributed by atoms with van der Waals surface area (Å²) in [7, 11) is 0. The minimum absolute atomic E-state index is 0.0374. The van der Waals surface area contributed by atoms with E-state index in [1.165, 1.54) is 6.07 Å². The average molecular weight is 578 g/mol. The summed E-state index contributed by atoms with van der Waals surface area (Å²) in [5.41, 5.74) is 7.62. The number of hydrogen-bond acceptors (Lipinski definition) is 3. The molecule has 2 aromatic heterocycles. The van der Waals surface area contributed by atoms with Gasteiger partial charge in [-0.25, -0.2) is 4.98 Å². The lowest BCUT2D eigenvalue weighted by Gasteiger charge is -2.25. The summed E-state index contributed by atoms with van der Waals surface area (Å²) in [6, 6.07) is 34.0. The number of imidazole rings is 1. The van der Waals surface area contributed by atoms with E-state index in [4.69, 9.17) is 14.9 Å². The molecule has 0 amide bonds. The molecule has 0 atom stereocenters. The Morgan fingerprint density at radius 3 is 2.39 bits per heavy atom. The van der Waals surface area contributed by atoms with Gasteiger partial charge in [0, 0.05) is 21.8 Å². The van der Waals surface area contributed by atoms with Gasteiger partial charge in [-0.1, -0.05) is 89.2 Å². The summed E-state index contributed by atoms with van der Waals surface area (Å²) in [6.07, 6.45) is 0. The van der Waals surface area contributed by atoms with Crippen LogP contribution in [-0.2, 0) is 5.41 Å². The van der Waals surface area contributed by atoms with Crippen LogP contribution in [0, 0.1) is 18.2 Å². The van der Waals surface area contributed by atoms with Crippen molar-refractivity contribution in [1.82, 2.24) is 9.55 Å². The van der Waals surface area contributed by atoms with Gasteiger partial charge in [-0.05, 0) is 82.9 Å². The smallest absolute Gasteiger partial charge is 0.149 e. The number of fused-ring (bicyclic) bond motifs is 4. The van der Waals surface area contributed by atoms with Crippen LogP contribution in [0.5, 0.6) is 0 Å². The highest BCUT2D eigenvalue weighted by Crippen LogP contribution is 2.44. The summed E-state index contributed by atoms with van der Waals surface area (Å²) in [5, 5.41) is 11.1. The standard InChI is InChI=1S/C40H35N3O/c1-24(2)29-19-20-31(38-36(29)30-18-16-28(23-41)25(3)37(30)44-38)39-42-33-14-10-11-15-35(33)43(39)34-21-17-27(22-32(34)40(4,5)6)26-12-8-7-9-13-26/h7-22,24H,1-6H3/i3D3,24D. The van der Waals surface area contributed by atoms with E-state index < -0.39 is 12.7 Å². The average Bonchev–Trinajstić information content (AvgIpc) is 3.61. The van der Waals surface area contributed by atoms with Crippen molar-refractivity contribution in [3.8, 4) is 34.3 Å². The molecule has 0 saturated carbocycles. The number of nitriles is 1. The van der Waals surface area contributed by atoms with Crippen molar-refractivity contribution < 1.29 is 9.90 Å². The molecule has 0 saturated heterocycles. The molecule has 0 aliphatic heterocycles. The van der Waals surface area contributed by atoms with E-state index in [1.54, 1.807) is 19.9 Å². The molecular weight excluding hydrogens is 538 g/mol. The molecule has 0 aliphatic rings. The molecule has 2 heterocycles. The second-order valence-corrected chi connectivity index (χ2v) is 12.6. The zero-order chi connectivity index (χ0) is 34.2. The lowest BCUT2D eigenvalue weighted by molar-refractivity contribution is 0.587. The second-order valence-electron chi connectivity index (χ2n) is 12.6. The molecule has 4 heteroatoms.